The van der Waals surface area contributed by atoms with Gasteiger partial charge < -0.3 is 38.4 Å². The van der Waals surface area contributed by atoms with Gasteiger partial charge in [0.25, 0.3) is 5.91 Å². The number of nitrogens with zero attached hydrogens (tertiary/aromatic N) is 3. The van der Waals surface area contributed by atoms with E-state index in [2.05, 4.69) is 0 Å². The van der Waals surface area contributed by atoms with Crippen molar-refractivity contribution in [2.45, 2.75) is 78.5 Å². The van der Waals surface area contributed by atoms with E-state index in [0.717, 1.165) is 12.0 Å². The summed E-state index contributed by atoms with van der Waals surface area (Å²) < 4.78 is 28.1. The van der Waals surface area contributed by atoms with E-state index in [1.54, 1.807) is 47.1 Å². The first-order chi connectivity index (χ1) is 22.9. The van der Waals surface area contributed by atoms with Crippen LogP contribution in [0.4, 0.5) is 9.59 Å². The first kappa shape index (κ1) is 38.5. The standard InChI is InChI=1S/C37H55N3O8/c1-9-38(19-18-28-14-11-10-12-15-28)35(42)47-26-29-22-31(25-39(24-29)36(43)48-37(4,5)6)40(27(2)3)34(41)30-16-17-32(45-8)33(23-30)46-21-13-20-44-7/h10-12,14-17,23,27,29,31H,9,13,18-22,24-26H2,1-8H3/t29-,31?/m0/s1. The molecule has 2 aromatic carbocycles. The maximum atomic E-state index is 14.2. The van der Waals surface area contributed by atoms with Crippen molar-refractivity contribution < 1.29 is 38.1 Å². The van der Waals surface area contributed by atoms with E-state index in [9.17, 15) is 14.4 Å². The molecule has 0 spiro atoms. The second-order valence-electron chi connectivity index (χ2n) is 13.4. The zero-order valence-corrected chi connectivity index (χ0v) is 30.0. The number of piperidine rings is 1. The minimum absolute atomic E-state index is 0.110. The molecule has 1 heterocycles. The van der Waals surface area contributed by atoms with Gasteiger partial charge >= 0.3 is 12.2 Å². The van der Waals surface area contributed by atoms with Crippen LogP contribution in [0.1, 0.15) is 70.3 Å². The monoisotopic (exact) mass is 669 g/mol. The number of carbonyl (C=O) groups excluding carboxylic acids is 3. The summed E-state index contributed by atoms with van der Waals surface area (Å²) in [6, 6.07) is 14.6. The van der Waals surface area contributed by atoms with Crippen molar-refractivity contribution in [3.8, 4) is 11.5 Å². The van der Waals surface area contributed by atoms with Crippen molar-refractivity contribution in [2.24, 2.45) is 5.92 Å². The summed E-state index contributed by atoms with van der Waals surface area (Å²) >= 11 is 0. The Hall–Kier alpha value is -3.99. The first-order valence-corrected chi connectivity index (χ1v) is 16.9. The molecule has 2 atom stereocenters. The lowest BCUT2D eigenvalue weighted by Crippen LogP contribution is -2.57. The van der Waals surface area contributed by atoms with Crippen LogP contribution in [0.3, 0.4) is 0 Å². The molecule has 2 aromatic rings. The molecule has 1 fully saturated rings. The van der Waals surface area contributed by atoms with Crippen molar-refractivity contribution in [1.82, 2.24) is 14.7 Å². The Kier molecular flexibility index (Phi) is 14.8. The maximum Gasteiger partial charge on any atom is 0.410 e. The fourth-order valence-corrected chi connectivity index (χ4v) is 5.82. The molecule has 48 heavy (non-hydrogen) atoms. The Morgan fingerprint density at radius 3 is 2.33 bits per heavy atom. The van der Waals surface area contributed by atoms with Crippen molar-refractivity contribution >= 4 is 18.1 Å². The molecule has 0 aromatic heterocycles. The van der Waals surface area contributed by atoms with Crippen LogP contribution in [0, 0.1) is 5.92 Å². The van der Waals surface area contributed by atoms with Gasteiger partial charge in [0.2, 0.25) is 0 Å². The molecule has 0 aliphatic carbocycles. The SMILES string of the molecule is CCN(CCc1ccccc1)C(=O)OC[C@H]1CC(N(C(=O)c2ccc(OC)c(OCCCOC)c2)C(C)C)CN(C(=O)OC(C)(C)C)C1. The Balaban J connectivity index is 1.80. The Labute approximate surface area is 286 Å². The molecule has 11 nitrogen and oxygen atoms in total. The van der Waals surface area contributed by atoms with Gasteiger partial charge in [0.05, 0.1) is 26.4 Å². The Morgan fingerprint density at radius 2 is 1.71 bits per heavy atom. The molecule has 1 aliphatic heterocycles. The van der Waals surface area contributed by atoms with Gasteiger partial charge in [0.15, 0.2) is 11.5 Å². The van der Waals surface area contributed by atoms with Gasteiger partial charge in [-0.1, -0.05) is 30.3 Å². The highest BCUT2D eigenvalue weighted by atomic mass is 16.6. The molecule has 0 saturated carbocycles. The molecule has 0 bridgehead atoms. The number of carbonyl (C=O) groups is 3. The third kappa shape index (κ3) is 11.6. The average molecular weight is 670 g/mol. The second kappa shape index (κ2) is 18.5. The molecular weight excluding hydrogens is 614 g/mol. The molecule has 3 amide bonds. The third-order valence-electron chi connectivity index (χ3n) is 8.11. The molecule has 1 aliphatic rings. The van der Waals surface area contributed by atoms with Crippen molar-refractivity contribution in [3.63, 3.8) is 0 Å². The minimum Gasteiger partial charge on any atom is -0.493 e. The number of rotatable bonds is 15. The summed E-state index contributed by atoms with van der Waals surface area (Å²) in [4.78, 5) is 45.8. The maximum absolute atomic E-state index is 14.2. The number of methoxy groups -OCH3 is 2. The summed E-state index contributed by atoms with van der Waals surface area (Å²) in [5.74, 6) is 0.595. The normalized spacial score (nSPS) is 16.3. The lowest BCUT2D eigenvalue weighted by Gasteiger charge is -2.44. The zero-order valence-electron chi connectivity index (χ0n) is 30.0. The van der Waals surface area contributed by atoms with Gasteiger partial charge in [-0.05, 0) is 78.1 Å². The van der Waals surface area contributed by atoms with Crippen LogP contribution in [0.2, 0.25) is 0 Å². The molecule has 3 rings (SSSR count). The van der Waals surface area contributed by atoms with Gasteiger partial charge in [-0.2, -0.15) is 0 Å². The fourth-order valence-electron chi connectivity index (χ4n) is 5.82. The third-order valence-corrected chi connectivity index (χ3v) is 8.11. The van der Waals surface area contributed by atoms with E-state index in [1.165, 1.54) is 0 Å². The molecule has 11 heteroatoms. The summed E-state index contributed by atoms with van der Waals surface area (Å²) in [6.07, 6.45) is 1.09. The summed E-state index contributed by atoms with van der Waals surface area (Å²) in [7, 11) is 3.19. The van der Waals surface area contributed by atoms with E-state index in [-0.39, 0.29) is 37.1 Å². The number of benzene rings is 2. The van der Waals surface area contributed by atoms with Crippen molar-refractivity contribution in [1.29, 1.82) is 0 Å². The van der Waals surface area contributed by atoms with Crippen LogP contribution in [0.5, 0.6) is 11.5 Å². The van der Waals surface area contributed by atoms with E-state index < -0.39 is 17.8 Å². The number of likely N-dealkylation sites (tertiary alicyclic amines) is 1. The molecule has 1 unspecified atom stereocenters. The van der Waals surface area contributed by atoms with Gasteiger partial charge in [-0.15, -0.1) is 0 Å². The largest absolute Gasteiger partial charge is 0.493 e. The fraction of sp³-hybridized carbons (Fsp3) is 0.595. The van der Waals surface area contributed by atoms with Gasteiger partial charge in [0, 0.05) is 63.8 Å². The van der Waals surface area contributed by atoms with Gasteiger partial charge in [-0.3, -0.25) is 4.79 Å². The number of likely N-dealkylation sites (N-methyl/N-ethyl adjacent to an activating group) is 1. The predicted molar refractivity (Wildman–Crippen MR) is 185 cm³/mol. The molecular formula is C37H55N3O8. The van der Waals surface area contributed by atoms with Crippen LogP contribution in [0.25, 0.3) is 0 Å². The van der Waals surface area contributed by atoms with Crippen LogP contribution in [0.15, 0.2) is 48.5 Å². The van der Waals surface area contributed by atoms with Crippen LogP contribution >= 0.6 is 0 Å². The lowest BCUT2D eigenvalue weighted by molar-refractivity contribution is -0.00956. The summed E-state index contributed by atoms with van der Waals surface area (Å²) in [5, 5.41) is 0. The predicted octanol–water partition coefficient (Wildman–Crippen LogP) is 6.29. The quantitative estimate of drug-likeness (QED) is 0.204. The van der Waals surface area contributed by atoms with Crippen LogP contribution in [-0.2, 0) is 20.6 Å². The van der Waals surface area contributed by atoms with E-state index in [0.29, 0.717) is 62.8 Å². The minimum atomic E-state index is -0.692. The van der Waals surface area contributed by atoms with Gasteiger partial charge in [0.1, 0.15) is 5.60 Å². The molecule has 266 valence electrons. The first-order valence-electron chi connectivity index (χ1n) is 16.9. The summed E-state index contributed by atoms with van der Waals surface area (Å²) in [6.45, 7) is 14.1. The van der Waals surface area contributed by atoms with E-state index in [4.69, 9.17) is 23.7 Å². The summed E-state index contributed by atoms with van der Waals surface area (Å²) in [5.41, 5.74) is 0.899. The molecule has 1 saturated heterocycles. The van der Waals surface area contributed by atoms with Crippen LogP contribution in [-0.4, -0.2) is 111 Å². The van der Waals surface area contributed by atoms with Crippen molar-refractivity contribution in [3.05, 3.63) is 59.7 Å². The molecule has 0 N–H and O–H groups in total. The second-order valence-corrected chi connectivity index (χ2v) is 13.4. The van der Waals surface area contributed by atoms with Crippen molar-refractivity contribution in [2.75, 3.05) is 60.2 Å². The highest BCUT2D eigenvalue weighted by molar-refractivity contribution is 5.95. The number of hydrogen-bond acceptors (Lipinski definition) is 8. The van der Waals surface area contributed by atoms with Gasteiger partial charge in [-0.25, -0.2) is 9.59 Å². The topological polar surface area (TPSA) is 107 Å². The highest BCUT2D eigenvalue weighted by Crippen LogP contribution is 2.31. The number of ether oxygens (including phenoxy) is 5. The number of hydrogen-bond donors (Lipinski definition) is 0. The molecule has 0 radical (unpaired) electrons. The average Bonchev–Trinajstić information content (AvgIpc) is 3.05. The number of amides is 3. The smallest absolute Gasteiger partial charge is 0.410 e. The Bertz CT molecular complexity index is 1310. The van der Waals surface area contributed by atoms with E-state index in [1.807, 2.05) is 71.9 Å². The van der Waals surface area contributed by atoms with Crippen LogP contribution < -0.4 is 9.47 Å². The van der Waals surface area contributed by atoms with E-state index >= 15 is 0 Å². The highest BCUT2D eigenvalue weighted by Gasteiger charge is 2.39. The Morgan fingerprint density at radius 1 is 0.979 bits per heavy atom. The lowest BCUT2D eigenvalue weighted by atomic mass is 9.92. The zero-order chi connectivity index (χ0) is 35.3.